The molecule has 3 aromatic rings. The Morgan fingerprint density at radius 2 is 1.88 bits per heavy atom. The number of amides is 1. The zero-order valence-electron chi connectivity index (χ0n) is 12.6. The molecule has 7 heteroatoms. The molecular formula is C17H15NO4S2. The number of hydrogen-bond donors (Lipinski definition) is 1. The van der Waals surface area contributed by atoms with Gasteiger partial charge in [0.05, 0.1) is 16.0 Å². The lowest BCUT2D eigenvalue weighted by Gasteiger charge is -2.16. The van der Waals surface area contributed by atoms with Crippen LogP contribution in [0.1, 0.15) is 20.7 Å². The largest absolute Gasteiger partial charge is 0.468 e. The SMILES string of the molecule is O=C(NC[C@@H](c1ccco1)S(=O)(=O)c1ccccc1)c1cccs1. The zero-order chi connectivity index (χ0) is 17.0. The topological polar surface area (TPSA) is 76.4 Å². The van der Waals surface area contributed by atoms with Crippen LogP contribution in [0, 0.1) is 0 Å². The van der Waals surface area contributed by atoms with E-state index >= 15 is 0 Å². The van der Waals surface area contributed by atoms with Crippen LogP contribution in [0.4, 0.5) is 0 Å². The van der Waals surface area contributed by atoms with Gasteiger partial charge in [0.2, 0.25) is 0 Å². The number of furan rings is 1. The molecule has 0 saturated heterocycles. The predicted octanol–water partition coefficient (Wildman–Crippen LogP) is 3.29. The van der Waals surface area contributed by atoms with Crippen LogP contribution in [-0.4, -0.2) is 20.9 Å². The number of carbonyl (C=O) groups is 1. The van der Waals surface area contributed by atoms with Crippen LogP contribution >= 0.6 is 11.3 Å². The highest BCUT2D eigenvalue weighted by Crippen LogP contribution is 2.28. The molecule has 5 nitrogen and oxygen atoms in total. The third kappa shape index (κ3) is 3.42. The minimum Gasteiger partial charge on any atom is -0.468 e. The molecule has 0 spiro atoms. The highest BCUT2D eigenvalue weighted by atomic mass is 32.2. The molecule has 2 aromatic heterocycles. The molecule has 0 unspecified atom stereocenters. The smallest absolute Gasteiger partial charge is 0.261 e. The van der Waals surface area contributed by atoms with E-state index in [0.29, 0.717) is 10.6 Å². The van der Waals surface area contributed by atoms with Crippen molar-refractivity contribution in [3.63, 3.8) is 0 Å². The van der Waals surface area contributed by atoms with Gasteiger partial charge in [-0.2, -0.15) is 0 Å². The number of rotatable bonds is 6. The van der Waals surface area contributed by atoms with Crippen molar-refractivity contribution in [2.24, 2.45) is 0 Å². The second-order valence-electron chi connectivity index (χ2n) is 5.05. The van der Waals surface area contributed by atoms with Crippen molar-refractivity contribution in [3.05, 3.63) is 76.9 Å². The van der Waals surface area contributed by atoms with E-state index in [9.17, 15) is 13.2 Å². The number of thiophene rings is 1. The van der Waals surface area contributed by atoms with Crippen LogP contribution in [-0.2, 0) is 9.84 Å². The van der Waals surface area contributed by atoms with E-state index in [1.54, 1.807) is 47.8 Å². The van der Waals surface area contributed by atoms with E-state index in [-0.39, 0.29) is 17.3 Å². The van der Waals surface area contributed by atoms with Gasteiger partial charge in [-0.05, 0) is 35.7 Å². The standard InChI is InChI=1S/C17H15NO4S2/c19-17(15-9-5-11-23-15)18-12-16(14-8-4-10-22-14)24(20,21)13-6-2-1-3-7-13/h1-11,16H,12H2,(H,18,19)/t16-/m0/s1. The summed E-state index contributed by atoms with van der Waals surface area (Å²) in [4.78, 5) is 12.8. The molecule has 1 aromatic carbocycles. The van der Waals surface area contributed by atoms with E-state index in [0.717, 1.165) is 0 Å². The normalized spacial score (nSPS) is 12.7. The predicted molar refractivity (Wildman–Crippen MR) is 91.7 cm³/mol. The van der Waals surface area contributed by atoms with E-state index in [2.05, 4.69) is 5.32 Å². The van der Waals surface area contributed by atoms with Crippen LogP contribution in [0.25, 0.3) is 0 Å². The molecule has 124 valence electrons. The molecule has 2 heterocycles. The van der Waals surface area contributed by atoms with Gasteiger partial charge in [-0.25, -0.2) is 8.42 Å². The number of benzene rings is 1. The molecule has 1 atom stereocenters. The summed E-state index contributed by atoms with van der Waals surface area (Å²) >= 11 is 1.30. The molecule has 24 heavy (non-hydrogen) atoms. The van der Waals surface area contributed by atoms with Gasteiger partial charge in [-0.3, -0.25) is 4.79 Å². The first-order valence-electron chi connectivity index (χ1n) is 7.23. The Morgan fingerprint density at radius 3 is 2.50 bits per heavy atom. The Labute approximate surface area is 143 Å². The van der Waals surface area contributed by atoms with Crippen molar-refractivity contribution in [2.75, 3.05) is 6.54 Å². The summed E-state index contributed by atoms with van der Waals surface area (Å²) in [7, 11) is -3.69. The first-order valence-corrected chi connectivity index (χ1v) is 9.65. The number of nitrogens with one attached hydrogen (secondary N) is 1. The fourth-order valence-electron chi connectivity index (χ4n) is 2.29. The first-order chi connectivity index (χ1) is 11.6. The second-order valence-corrected chi connectivity index (χ2v) is 8.13. The Balaban J connectivity index is 1.86. The number of hydrogen-bond acceptors (Lipinski definition) is 5. The molecule has 0 aliphatic heterocycles. The van der Waals surface area contributed by atoms with E-state index in [1.807, 2.05) is 0 Å². The number of carbonyl (C=O) groups excluding carboxylic acids is 1. The van der Waals surface area contributed by atoms with Crippen molar-refractivity contribution in [1.82, 2.24) is 5.32 Å². The average molecular weight is 361 g/mol. The fraction of sp³-hybridized carbons (Fsp3) is 0.118. The minimum absolute atomic E-state index is 0.0680. The van der Waals surface area contributed by atoms with Gasteiger partial charge >= 0.3 is 0 Å². The summed E-state index contributed by atoms with van der Waals surface area (Å²) in [6.45, 7) is -0.0680. The third-order valence-electron chi connectivity index (χ3n) is 3.50. The highest BCUT2D eigenvalue weighted by Gasteiger charge is 2.31. The van der Waals surface area contributed by atoms with Crippen molar-refractivity contribution >= 4 is 27.1 Å². The fourth-order valence-corrected chi connectivity index (χ4v) is 4.54. The summed E-state index contributed by atoms with van der Waals surface area (Å²) in [6.07, 6.45) is 1.42. The molecule has 0 aliphatic carbocycles. The van der Waals surface area contributed by atoms with Crippen LogP contribution < -0.4 is 5.32 Å². The van der Waals surface area contributed by atoms with Crippen molar-refractivity contribution in [3.8, 4) is 0 Å². The summed E-state index contributed by atoms with van der Waals surface area (Å²) in [5.74, 6) is -0.00449. The molecular weight excluding hydrogens is 346 g/mol. The number of sulfone groups is 1. The van der Waals surface area contributed by atoms with Crippen molar-refractivity contribution < 1.29 is 17.6 Å². The molecule has 1 N–H and O–H groups in total. The maximum absolute atomic E-state index is 12.9. The molecule has 3 rings (SSSR count). The first kappa shape index (κ1) is 16.5. The molecule has 1 amide bonds. The molecule has 0 fully saturated rings. The monoisotopic (exact) mass is 361 g/mol. The van der Waals surface area contributed by atoms with Crippen LogP contribution in [0.15, 0.2) is 75.6 Å². The lowest BCUT2D eigenvalue weighted by molar-refractivity contribution is 0.0957. The summed E-state index contributed by atoms with van der Waals surface area (Å²) in [5, 5.41) is 3.49. The average Bonchev–Trinajstić information content (AvgIpc) is 3.29. The van der Waals surface area contributed by atoms with Gasteiger partial charge in [-0.1, -0.05) is 24.3 Å². The zero-order valence-corrected chi connectivity index (χ0v) is 14.2. The lowest BCUT2D eigenvalue weighted by Crippen LogP contribution is -2.31. The highest BCUT2D eigenvalue weighted by molar-refractivity contribution is 7.91. The maximum Gasteiger partial charge on any atom is 0.261 e. The Hall–Kier alpha value is -2.38. The van der Waals surface area contributed by atoms with Gasteiger partial charge in [0, 0.05) is 6.54 Å². The van der Waals surface area contributed by atoms with Gasteiger partial charge in [0.15, 0.2) is 9.84 Å². The van der Waals surface area contributed by atoms with Crippen LogP contribution in [0.3, 0.4) is 0 Å². The Morgan fingerprint density at radius 1 is 1.08 bits per heavy atom. The summed E-state index contributed by atoms with van der Waals surface area (Å²) in [5.41, 5.74) is 0. The van der Waals surface area contributed by atoms with E-state index in [1.165, 1.54) is 29.7 Å². The maximum atomic E-state index is 12.9. The summed E-state index contributed by atoms with van der Waals surface area (Å²) < 4.78 is 31.1. The van der Waals surface area contributed by atoms with Crippen molar-refractivity contribution in [1.29, 1.82) is 0 Å². The van der Waals surface area contributed by atoms with Crippen LogP contribution in [0.2, 0.25) is 0 Å². The van der Waals surface area contributed by atoms with Gasteiger partial charge < -0.3 is 9.73 Å². The van der Waals surface area contributed by atoms with Gasteiger partial charge in [-0.15, -0.1) is 11.3 Å². The van der Waals surface area contributed by atoms with Crippen LogP contribution in [0.5, 0.6) is 0 Å². The molecule has 0 radical (unpaired) electrons. The van der Waals surface area contributed by atoms with Crippen molar-refractivity contribution in [2.45, 2.75) is 10.1 Å². The third-order valence-corrected chi connectivity index (χ3v) is 6.45. The minimum atomic E-state index is -3.69. The van der Waals surface area contributed by atoms with Gasteiger partial charge in [0.1, 0.15) is 11.0 Å². The lowest BCUT2D eigenvalue weighted by atomic mass is 10.3. The van der Waals surface area contributed by atoms with E-state index in [4.69, 9.17) is 4.42 Å². The summed E-state index contributed by atoms with van der Waals surface area (Å²) in [6, 6.07) is 14.8. The molecule has 0 aliphatic rings. The Kier molecular flexibility index (Phi) is 4.82. The molecule has 0 bridgehead atoms. The quantitative estimate of drug-likeness (QED) is 0.731. The van der Waals surface area contributed by atoms with E-state index < -0.39 is 15.1 Å². The molecule has 0 saturated carbocycles. The Bertz CT molecular complexity index is 885. The second kappa shape index (κ2) is 7.02. The van der Waals surface area contributed by atoms with Gasteiger partial charge in [0.25, 0.3) is 5.91 Å².